The maximum absolute atomic E-state index is 10.8. The Balaban J connectivity index is 2.31. The van der Waals surface area contributed by atoms with E-state index in [9.17, 15) is 4.79 Å². The lowest BCUT2D eigenvalue weighted by atomic mass is 10.1. The van der Waals surface area contributed by atoms with E-state index in [-0.39, 0.29) is 5.78 Å². The summed E-state index contributed by atoms with van der Waals surface area (Å²) >= 11 is 0. The van der Waals surface area contributed by atoms with Gasteiger partial charge >= 0.3 is 0 Å². The van der Waals surface area contributed by atoms with Crippen molar-refractivity contribution in [2.24, 2.45) is 0 Å². The molecule has 0 spiro atoms. The fourth-order valence-electron chi connectivity index (χ4n) is 1.44. The minimum absolute atomic E-state index is 0.224. The molecule has 0 saturated heterocycles. The third kappa shape index (κ3) is 6.07. The minimum atomic E-state index is 0.224. The highest BCUT2D eigenvalue weighted by molar-refractivity contribution is 5.75. The van der Waals surface area contributed by atoms with Crippen LogP contribution in [0.4, 0.5) is 0 Å². The van der Waals surface area contributed by atoms with Gasteiger partial charge in [-0.2, -0.15) is 0 Å². The van der Waals surface area contributed by atoms with Crippen LogP contribution in [0.15, 0.2) is 24.3 Å². The average Bonchev–Trinajstić information content (AvgIpc) is 2.33. The molecule has 0 unspecified atom stereocenters. The highest BCUT2D eigenvalue weighted by atomic mass is 16.5. The second-order valence-electron chi connectivity index (χ2n) is 3.89. The number of carbonyl (C=O) groups excluding carboxylic acids is 1. The van der Waals surface area contributed by atoms with Crippen LogP contribution in [0, 0.1) is 0 Å². The van der Waals surface area contributed by atoms with E-state index >= 15 is 0 Å². The van der Waals surface area contributed by atoms with Gasteiger partial charge in [0.1, 0.15) is 18.1 Å². The number of rotatable bonds is 8. The fourth-order valence-corrected chi connectivity index (χ4v) is 1.44. The Hall–Kier alpha value is -1.35. The maximum atomic E-state index is 10.8. The van der Waals surface area contributed by atoms with Gasteiger partial charge in [0.2, 0.25) is 0 Å². The molecular weight excluding hydrogens is 216 g/mol. The number of hydrogen-bond acceptors (Lipinski definition) is 3. The zero-order chi connectivity index (χ0) is 12.5. The second-order valence-corrected chi connectivity index (χ2v) is 3.89. The van der Waals surface area contributed by atoms with Crippen molar-refractivity contribution in [2.75, 3.05) is 19.8 Å². The van der Waals surface area contributed by atoms with E-state index in [4.69, 9.17) is 9.47 Å². The van der Waals surface area contributed by atoms with Crippen LogP contribution in [0.25, 0.3) is 0 Å². The summed E-state index contributed by atoms with van der Waals surface area (Å²) in [6, 6.07) is 7.86. The predicted octanol–water partition coefficient (Wildman–Crippen LogP) is 2.62. The van der Waals surface area contributed by atoms with Crippen LogP contribution in [0.2, 0.25) is 0 Å². The number of hydrogen-bond donors (Lipinski definition) is 0. The van der Waals surface area contributed by atoms with E-state index < -0.39 is 0 Å². The normalized spacial score (nSPS) is 10.2. The summed E-state index contributed by atoms with van der Waals surface area (Å²) < 4.78 is 10.7. The van der Waals surface area contributed by atoms with E-state index in [1.54, 1.807) is 6.92 Å². The molecule has 3 nitrogen and oxygen atoms in total. The van der Waals surface area contributed by atoms with Gasteiger partial charge in [0.05, 0.1) is 6.61 Å². The van der Waals surface area contributed by atoms with Crippen LogP contribution in [0.5, 0.6) is 5.75 Å². The molecule has 0 heterocycles. The third-order valence-corrected chi connectivity index (χ3v) is 2.39. The van der Waals surface area contributed by atoms with Crippen molar-refractivity contribution in [1.29, 1.82) is 0 Å². The lowest BCUT2D eigenvalue weighted by molar-refractivity contribution is -0.116. The third-order valence-electron chi connectivity index (χ3n) is 2.39. The number of Topliss-reactive ketones (excluding diaryl/α,β-unsaturated/α-hetero) is 1. The van der Waals surface area contributed by atoms with Gasteiger partial charge in [-0.05, 0) is 38.0 Å². The van der Waals surface area contributed by atoms with Crippen LogP contribution in [-0.2, 0) is 16.0 Å². The van der Waals surface area contributed by atoms with Crippen molar-refractivity contribution >= 4 is 5.78 Å². The Morgan fingerprint density at radius 1 is 1.18 bits per heavy atom. The highest BCUT2D eigenvalue weighted by Crippen LogP contribution is 2.13. The number of benzene rings is 1. The summed E-state index contributed by atoms with van der Waals surface area (Å²) in [4.78, 5) is 10.8. The molecule has 1 rings (SSSR count). The quantitative estimate of drug-likeness (QED) is 0.651. The van der Waals surface area contributed by atoms with Crippen LogP contribution < -0.4 is 4.74 Å². The summed E-state index contributed by atoms with van der Waals surface area (Å²) in [5, 5.41) is 0. The zero-order valence-corrected chi connectivity index (χ0v) is 10.6. The SMILES string of the molecule is CCOCCOc1ccc(CCC(C)=O)cc1. The van der Waals surface area contributed by atoms with E-state index in [1.807, 2.05) is 31.2 Å². The van der Waals surface area contributed by atoms with Crippen molar-refractivity contribution in [3.05, 3.63) is 29.8 Å². The van der Waals surface area contributed by atoms with E-state index in [1.165, 1.54) is 0 Å². The van der Waals surface area contributed by atoms with Gasteiger partial charge in [-0.15, -0.1) is 0 Å². The number of ketones is 1. The van der Waals surface area contributed by atoms with Gasteiger partial charge in [-0.1, -0.05) is 12.1 Å². The predicted molar refractivity (Wildman–Crippen MR) is 67.4 cm³/mol. The Bertz CT molecular complexity index is 330. The van der Waals surface area contributed by atoms with E-state index in [0.717, 1.165) is 17.7 Å². The Labute approximate surface area is 103 Å². The van der Waals surface area contributed by atoms with Crippen LogP contribution in [-0.4, -0.2) is 25.6 Å². The largest absolute Gasteiger partial charge is 0.491 e. The van der Waals surface area contributed by atoms with Gasteiger partial charge in [-0.25, -0.2) is 0 Å². The molecule has 0 atom stereocenters. The second kappa shape index (κ2) is 7.85. The Morgan fingerprint density at radius 2 is 1.88 bits per heavy atom. The van der Waals surface area contributed by atoms with Gasteiger partial charge in [0.25, 0.3) is 0 Å². The number of ether oxygens (including phenoxy) is 2. The summed E-state index contributed by atoms with van der Waals surface area (Å²) in [6.45, 7) is 5.48. The Morgan fingerprint density at radius 3 is 2.47 bits per heavy atom. The van der Waals surface area contributed by atoms with Gasteiger partial charge in [-0.3, -0.25) is 0 Å². The molecule has 1 aromatic rings. The van der Waals surface area contributed by atoms with E-state index in [0.29, 0.717) is 26.2 Å². The molecule has 0 aliphatic rings. The lowest BCUT2D eigenvalue weighted by Gasteiger charge is -2.07. The standard InChI is InChI=1S/C14H20O3/c1-3-16-10-11-17-14-8-6-13(7-9-14)5-4-12(2)15/h6-9H,3-5,10-11H2,1-2H3. The molecule has 0 amide bonds. The lowest BCUT2D eigenvalue weighted by Crippen LogP contribution is -2.06. The topological polar surface area (TPSA) is 35.5 Å². The highest BCUT2D eigenvalue weighted by Gasteiger charge is 1.98. The van der Waals surface area contributed by atoms with Gasteiger partial charge < -0.3 is 14.3 Å². The van der Waals surface area contributed by atoms with Crippen LogP contribution in [0.1, 0.15) is 25.8 Å². The zero-order valence-electron chi connectivity index (χ0n) is 10.6. The van der Waals surface area contributed by atoms with Crippen molar-refractivity contribution < 1.29 is 14.3 Å². The fraction of sp³-hybridized carbons (Fsp3) is 0.500. The number of aryl methyl sites for hydroxylation is 1. The van der Waals surface area contributed by atoms with Crippen molar-refractivity contribution in [1.82, 2.24) is 0 Å². The van der Waals surface area contributed by atoms with E-state index in [2.05, 4.69) is 0 Å². The molecule has 0 bridgehead atoms. The summed E-state index contributed by atoms with van der Waals surface area (Å²) in [5.41, 5.74) is 1.16. The van der Waals surface area contributed by atoms with Crippen molar-refractivity contribution in [2.45, 2.75) is 26.7 Å². The maximum Gasteiger partial charge on any atom is 0.130 e. The molecule has 94 valence electrons. The van der Waals surface area contributed by atoms with Crippen molar-refractivity contribution in [3.8, 4) is 5.75 Å². The summed E-state index contributed by atoms with van der Waals surface area (Å²) in [7, 11) is 0. The molecule has 0 radical (unpaired) electrons. The van der Waals surface area contributed by atoms with Gasteiger partial charge in [0, 0.05) is 13.0 Å². The first-order chi connectivity index (χ1) is 8.22. The van der Waals surface area contributed by atoms with Gasteiger partial charge in [0.15, 0.2) is 0 Å². The summed E-state index contributed by atoms with van der Waals surface area (Å²) in [6.07, 6.45) is 1.40. The molecule has 0 N–H and O–H groups in total. The summed E-state index contributed by atoms with van der Waals surface area (Å²) in [5.74, 6) is 1.07. The molecule has 1 aromatic carbocycles. The smallest absolute Gasteiger partial charge is 0.130 e. The molecule has 0 aliphatic heterocycles. The Kier molecular flexibility index (Phi) is 6.33. The first kappa shape index (κ1) is 13.7. The average molecular weight is 236 g/mol. The molecule has 0 aromatic heterocycles. The molecule has 3 heteroatoms. The van der Waals surface area contributed by atoms with Crippen LogP contribution >= 0.6 is 0 Å². The van der Waals surface area contributed by atoms with Crippen LogP contribution in [0.3, 0.4) is 0 Å². The first-order valence-corrected chi connectivity index (χ1v) is 6.01. The molecule has 0 aliphatic carbocycles. The van der Waals surface area contributed by atoms with Crippen molar-refractivity contribution in [3.63, 3.8) is 0 Å². The molecule has 0 fully saturated rings. The number of carbonyl (C=O) groups is 1. The molecular formula is C14H20O3. The first-order valence-electron chi connectivity index (χ1n) is 6.01. The molecule has 17 heavy (non-hydrogen) atoms. The minimum Gasteiger partial charge on any atom is -0.491 e. The molecule has 0 saturated carbocycles. The monoisotopic (exact) mass is 236 g/mol.